The van der Waals surface area contributed by atoms with Crippen molar-refractivity contribution in [1.82, 2.24) is 9.62 Å². The maximum atomic E-state index is 12.4. The summed E-state index contributed by atoms with van der Waals surface area (Å²) in [5.74, 6) is 0. The molecule has 1 N–H and O–H groups in total. The van der Waals surface area contributed by atoms with Crippen molar-refractivity contribution in [3.05, 3.63) is 65.7 Å². The molecule has 24 heavy (non-hydrogen) atoms. The number of urea groups is 1. The average molecular weight is 346 g/mol. The summed E-state index contributed by atoms with van der Waals surface area (Å²) in [7, 11) is -2.29. The number of nitrogens with zero attached hydrogens (tertiary/aromatic N) is 1. The molecule has 0 saturated heterocycles. The molecule has 2 aromatic carbocycles. The zero-order valence-corrected chi connectivity index (χ0v) is 14.9. The van der Waals surface area contributed by atoms with Gasteiger partial charge in [-0.15, -0.1) is 0 Å². The van der Waals surface area contributed by atoms with Crippen LogP contribution in [0, 0.1) is 6.92 Å². The van der Waals surface area contributed by atoms with Gasteiger partial charge in [0.25, 0.3) is 10.0 Å². The number of hydrogen-bond acceptors (Lipinski definition) is 3. The molecule has 6 heteroatoms. The van der Waals surface area contributed by atoms with Crippen molar-refractivity contribution in [3.63, 3.8) is 0 Å². The lowest BCUT2D eigenvalue weighted by molar-refractivity contribution is 0.199. The summed E-state index contributed by atoms with van der Waals surface area (Å²) in [6.07, 6.45) is 0.648. The van der Waals surface area contributed by atoms with Gasteiger partial charge in [0.05, 0.1) is 4.90 Å². The molecule has 0 aliphatic heterocycles. The molecule has 2 amide bonds. The van der Waals surface area contributed by atoms with Gasteiger partial charge in [0.2, 0.25) is 0 Å². The minimum absolute atomic E-state index is 0.113. The van der Waals surface area contributed by atoms with E-state index in [-0.39, 0.29) is 10.9 Å². The molecule has 0 spiro atoms. The van der Waals surface area contributed by atoms with Crippen LogP contribution in [0.15, 0.2) is 59.5 Å². The van der Waals surface area contributed by atoms with E-state index in [2.05, 4.69) is 4.72 Å². The summed E-state index contributed by atoms with van der Waals surface area (Å²) in [5, 5.41) is 0. The Hall–Kier alpha value is -2.34. The van der Waals surface area contributed by atoms with E-state index in [0.717, 1.165) is 5.56 Å². The van der Waals surface area contributed by atoms with Gasteiger partial charge in [0.15, 0.2) is 0 Å². The van der Waals surface area contributed by atoms with Gasteiger partial charge in [-0.2, -0.15) is 0 Å². The van der Waals surface area contributed by atoms with Crippen LogP contribution in [-0.2, 0) is 16.4 Å². The number of aryl methyl sites for hydroxylation is 1. The second-order valence-corrected chi connectivity index (χ2v) is 7.48. The van der Waals surface area contributed by atoms with Crippen LogP contribution >= 0.6 is 0 Å². The van der Waals surface area contributed by atoms with Crippen molar-refractivity contribution in [2.24, 2.45) is 0 Å². The molecule has 2 aromatic rings. The van der Waals surface area contributed by atoms with Crippen LogP contribution < -0.4 is 4.72 Å². The number of rotatable bonds is 5. The van der Waals surface area contributed by atoms with E-state index in [1.165, 1.54) is 11.0 Å². The maximum absolute atomic E-state index is 12.4. The number of amides is 2. The second kappa shape index (κ2) is 7.49. The molecule has 0 aliphatic carbocycles. The zero-order valence-electron chi connectivity index (χ0n) is 14.1. The second-order valence-electron chi connectivity index (χ2n) is 5.83. The lowest BCUT2D eigenvalue weighted by atomic mass is 10.1. The highest BCUT2D eigenvalue weighted by molar-refractivity contribution is 7.90. The molecule has 1 atom stereocenters. The normalized spacial score (nSPS) is 12.5. The Labute approximate surface area is 143 Å². The van der Waals surface area contributed by atoms with Gasteiger partial charge in [-0.1, -0.05) is 48.5 Å². The van der Waals surface area contributed by atoms with Crippen molar-refractivity contribution in [2.45, 2.75) is 31.2 Å². The highest BCUT2D eigenvalue weighted by Crippen LogP contribution is 2.14. The maximum Gasteiger partial charge on any atom is 0.331 e. The fraction of sp³-hybridized carbons (Fsp3) is 0.278. The monoisotopic (exact) mass is 346 g/mol. The van der Waals surface area contributed by atoms with Crippen LogP contribution in [-0.4, -0.2) is 32.4 Å². The van der Waals surface area contributed by atoms with E-state index in [1.54, 1.807) is 32.2 Å². The zero-order chi connectivity index (χ0) is 17.7. The lowest BCUT2D eigenvalue weighted by Crippen LogP contribution is -2.45. The van der Waals surface area contributed by atoms with Crippen molar-refractivity contribution >= 4 is 16.1 Å². The van der Waals surface area contributed by atoms with Crippen LogP contribution in [0.4, 0.5) is 4.79 Å². The molecule has 0 heterocycles. The highest BCUT2D eigenvalue weighted by atomic mass is 32.2. The molecule has 0 radical (unpaired) electrons. The van der Waals surface area contributed by atoms with E-state index in [0.29, 0.717) is 12.0 Å². The summed E-state index contributed by atoms with van der Waals surface area (Å²) in [4.78, 5) is 13.8. The predicted molar refractivity (Wildman–Crippen MR) is 94.3 cm³/mol. The molecule has 128 valence electrons. The Morgan fingerprint density at radius 1 is 1.08 bits per heavy atom. The SMILES string of the molecule is Cc1ccccc1S(=O)(=O)NC(=O)N(C)C(C)Cc1ccccc1. The third-order valence-electron chi connectivity index (χ3n) is 3.96. The molecular formula is C18H22N2O3S. The molecule has 2 rings (SSSR count). The number of carbonyl (C=O) groups is 1. The summed E-state index contributed by atoms with van der Waals surface area (Å²) in [6, 6.07) is 15.5. The van der Waals surface area contributed by atoms with Gasteiger partial charge < -0.3 is 4.90 Å². The number of benzene rings is 2. The molecule has 0 fully saturated rings. The number of nitrogens with one attached hydrogen (secondary N) is 1. The largest absolute Gasteiger partial charge is 0.331 e. The summed E-state index contributed by atoms with van der Waals surface area (Å²) >= 11 is 0. The van der Waals surface area contributed by atoms with Gasteiger partial charge in [-0.3, -0.25) is 0 Å². The Balaban J connectivity index is 2.07. The van der Waals surface area contributed by atoms with E-state index >= 15 is 0 Å². The van der Waals surface area contributed by atoms with Crippen LogP contribution in [0.25, 0.3) is 0 Å². The van der Waals surface area contributed by atoms with Gasteiger partial charge in [-0.05, 0) is 37.5 Å². The molecule has 0 bridgehead atoms. The summed E-state index contributed by atoms with van der Waals surface area (Å²) < 4.78 is 26.9. The summed E-state index contributed by atoms with van der Waals surface area (Å²) in [6.45, 7) is 3.58. The Kier molecular flexibility index (Phi) is 5.62. The first-order valence-corrected chi connectivity index (χ1v) is 9.19. The fourth-order valence-electron chi connectivity index (χ4n) is 2.39. The molecule has 5 nitrogen and oxygen atoms in total. The Morgan fingerprint density at radius 2 is 1.67 bits per heavy atom. The molecule has 0 aromatic heterocycles. The van der Waals surface area contributed by atoms with Crippen LogP contribution in [0.3, 0.4) is 0 Å². The predicted octanol–water partition coefficient (Wildman–Crippen LogP) is 2.96. The third-order valence-corrected chi connectivity index (χ3v) is 5.44. The van der Waals surface area contributed by atoms with Crippen LogP contribution in [0.1, 0.15) is 18.1 Å². The molecule has 1 unspecified atom stereocenters. The number of carbonyl (C=O) groups excluding carboxylic acids is 1. The van der Waals surface area contributed by atoms with E-state index in [4.69, 9.17) is 0 Å². The van der Waals surface area contributed by atoms with Crippen molar-refractivity contribution < 1.29 is 13.2 Å². The van der Waals surface area contributed by atoms with E-state index < -0.39 is 16.1 Å². The van der Waals surface area contributed by atoms with E-state index in [9.17, 15) is 13.2 Å². The topological polar surface area (TPSA) is 66.5 Å². The average Bonchev–Trinajstić information content (AvgIpc) is 2.54. The first kappa shape index (κ1) is 18.0. The minimum atomic E-state index is -3.88. The van der Waals surface area contributed by atoms with E-state index in [1.807, 2.05) is 37.3 Å². The fourth-order valence-corrected chi connectivity index (χ4v) is 3.63. The summed E-state index contributed by atoms with van der Waals surface area (Å²) in [5.41, 5.74) is 1.68. The van der Waals surface area contributed by atoms with Crippen molar-refractivity contribution in [2.75, 3.05) is 7.05 Å². The highest BCUT2D eigenvalue weighted by Gasteiger charge is 2.23. The van der Waals surface area contributed by atoms with Crippen molar-refractivity contribution in [1.29, 1.82) is 0 Å². The van der Waals surface area contributed by atoms with Gasteiger partial charge >= 0.3 is 6.03 Å². The quantitative estimate of drug-likeness (QED) is 0.905. The number of hydrogen-bond donors (Lipinski definition) is 1. The van der Waals surface area contributed by atoms with Gasteiger partial charge in [0, 0.05) is 13.1 Å². The first-order chi connectivity index (χ1) is 11.3. The number of sulfonamides is 1. The van der Waals surface area contributed by atoms with Crippen molar-refractivity contribution in [3.8, 4) is 0 Å². The van der Waals surface area contributed by atoms with Crippen LogP contribution in [0.2, 0.25) is 0 Å². The smallest absolute Gasteiger partial charge is 0.324 e. The Morgan fingerprint density at radius 3 is 2.29 bits per heavy atom. The first-order valence-electron chi connectivity index (χ1n) is 7.70. The Bertz CT molecular complexity index is 804. The number of likely N-dealkylation sites (N-methyl/N-ethyl adjacent to an activating group) is 1. The van der Waals surface area contributed by atoms with Gasteiger partial charge in [0.1, 0.15) is 0 Å². The van der Waals surface area contributed by atoms with Gasteiger partial charge in [-0.25, -0.2) is 17.9 Å². The third kappa shape index (κ3) is 4.35. The molecule has 0 aliphatic rings. The molecular weight excluding hydrogens is 324 g/mol. The standard InChI is InChI=1S/C18H22N2O3S/c1-14-9-7-8-12-17(14)24(22,23)19-18(21)20(3)15(2)13-16-10-5-4-6-11-16/h4-12,15H,13H2,1-3H3,(H,19,21). The lowest BCUT2D eigenvalue weighted by Gasteiger charge is -2.25. The minimum Gasteiger partial charge on any atom is -0.324 e. The van der Waals surface area contributed by atoms with Crippen LogP contribution in [0.5, 0.6) is 0 Å². The molecule has 0 saturated carbocycles.